The lowest BCUT2D eigenvalue weighted by atomic mass is 9.90. The molecule has 1 heterocycles. The summed E-state index contributed by atoms with van der Waals surface area (Å²) >= 11 is 0. The molecule has 0 bridgehead atoms. The molecule has 2 amide bonds. The van der Waals surface area contributed by atoms with E-state index in [4.69, 9.17) is 4.74 Å². The number of cyclic esters (lactones) is 1. The lowest BCUT2D eigenvalue weighted by Gasteiger charge is -2.26. The Morgan fingerprint density at radius 3 is 2.43 bits per heavy atom. The second-order valence-corrected chi connectivity index (χ2v) is 8.37. The Morgan fingerprint density at radius 2 is 1.77 bits per heavy atom. The summed E-state index contributed by atoms with van der Waals surface area (Å²) in [6.45, 7) is 6.05. The van der Waals surface area contributed by atoms with Gasteiger partial charge in [0.2, 0.25) is 5.91 Å². The van der Waals surface area contributed by atoms with Gasteiger partial charge in [-0.25, -0.2) is 9.69 Å². The molecule has 1 fully saturated rings. The lowest BCUT2D eigenvalue weighted by Crippen LogP contribution is -2.45. The summed E-state index contributed by atoms with van der Waals surface area (Å²) in [4.78, 5) is 26.4. The largest absolute Gasteiger partial charge is 0.447 e. The third-order valence-electron chi connectivity index (χ3n) is 6.02. The average molecular weight is 410 g/mol. The van der Waals surface area contributed by atoms with Crippen molar-refractivity contribution in [1.82, 2.24) is 4.90 Å². The van der Waals surface area contributed by atoms with Gasteiger partial charge in [-0.1, -0.05) is 74.0 Å². The molecule has 3 rings (SSSR count). The molecular formula is C25H31NO4. The molecule has 1 aliphatic rings. The highest BCUT2D eigenvalue weighted by molar-refractivity contribution is 5.94. The summed E-state index contributed by atoms with van der Waals surface area (Å²) in [7, 11) is 0. The highest BCUT2D eigenvalue weighted by atomic mass is 16.6. The fourth-order valence-electron chi connectivity index (χ4n) is 3.88. The Bertz CT molecular complexity index is 849. The van der Waals surface area contributed by atoms with Crippen LogP contribution in [0.3, 0.4) is 0 Å². The molecule has 5 nitrogen and oxygen atoms in total. The summed E-state index contributed by atoms with van der Waals surface area (Å²) in [5.41, 5.74) is 3.48. The van der Waals surface area contributed by atoms with Crippen molar-refractivity contribution in [2.24, 2.45) is 5.92 Å². The molecule has 0 spiro atoms. The number of amides is 2. The molecule has 1 aliphatic heterocycles. The molecule has 0 saturated carbocycles. The first-order valence-electron chi connectivity index (χ1n) is 10.6. The number of aliphatic hydroxyl groups excluding tert-OH is 1. The maximum atomic E-state index is 13.0. The number of carbonyl (C=O) groups excluding carboxylic acids is 2. The van der Waals surface area contributed by atoms with Crippen molar-refractivity contribution < 1.29 is 19.4 Å². The third kappa shape index (κ3) is 5.28. The molecule has 0 aliphatic carbocycles. The molecular weight excluding hydrogens is 378 g/mol. The first-order valence-corrected chi connectivity index (χ1v) is 10.6. The SMILES string of the molecule is Cc1ccc([C@@H](C)CC[C@H](O)[C@@H](C)C(=O)N2C(=O)OC[C@@H]2Cc2ccccc2)cc1. The lowest BCUT2D eigenvalue weighted by molar-refractivity contribution is -0.136. The molecule has 0 aromatic heterocycles. The summed E-state index contributed by atoms with van der Waals surface area (Å²) in [5, 5.41) is 10.7. The number of nitrogens with zero attached hydrogens (tertiary/aromatic N) is 1. The molecule has 2 aromatic rings. The van der Waals surface area contributed by atoms with E-state index in [1.807, 2.05) is 30.3 Å². The number of ether oxygens (including phenoxy) is 1. The Balaban J connectivity index is 1.58. The molecule has 2 aromatic carbocycles. The Kier molecular flexibility index (Phi) is 7.27. The van der Waals surface area contributed by atoms with Crippen LogP contribution in [-0.4, -0.2) is 40.8 Å². The van der Waals surface area contributed by atoms with Crippen LogP contribution in [0, 0.1) is 12.8 Å². The predicted molar refractivity (Wildman–Crippen MR) is 116 cm³/mol. The van der Waals surface area contributed by atoms with Gasteiger partial charge in [0, 0.05) is 0 Å². The van der Waals surface area contributed by atoms with Crippen molar-refractivity contribution >= 4 is 12.0 Å². The number of rotatable bonds is 8. The maximum Gasteiger partial charge on any atom is 0.416 e. The number of aliphatic hydroxyl groups is 1. The van der Waals surface area contributed by atoms with Crippen molar-refractivity contribution in [3.05, 3.63) is 71.3 Å². The molecule has 1 saturated heterocycles. The van der Waals surface area contributed by atoms with Gasteiger partial charge >= 0.3 is 6.09 Å². The zero-order chi connectivity index (χ0) is 21.7. The second kappa shape index (κ2) is 9.90. The fraction of sp³-hybridized carbons (Fsp3) is 0.440. The van der Waals surface area contributed by atoms with Crippen LogP contribution in [-0.2, 0) is 16.0 Å². The van der Waals surface area contributed by atoms with Gasteiger partial charge in [0.15, 0.2) is 0 Å². The standard InChI is InChI=1S/C25H31NO4/c1-17-9-12-21(13-10-17)18(2)11-14-23(27)19(3)24(28)26-22(16-30-25(26)29)15-20-7-5-4-6-8-20/h4-10,12-13,18-19,22-23,27H,11,14-16H2,1-3H3/t18-,19+,22-,23-/m0/s1. The Morgan fingerprint density at radius 1 is 1.10 bits per heavy atom. The number of benzene rings is 2. The van der Waals surface area contributed by atoms with Crippen molar-refractivity contribution in [3.8, 4) is 0 Å². The van der Waals surface area contributed by atoms with Crippen LogP contribution >= 0.6 is 0 Å². The Hall–Kier alpha value is -2.66. The van der Waals surface area contributed by atoms with E-state index in [0.717, 1.165) is 12.0 Å². The van der Waals surface area contributed by atoms with E-state index in [1.165, 1.54) is 16.0 Å². The third-order valence-corrected chi connectivity index (χ3v) is 6.02. The predicted octanol–water partition coefficient (Wildman–Crippen LogP) is 4.47. The monoisotopic (exact) mass is 409 g/mol. The minimum absolute atomic E-state index is 0.187. The topological polar surface area (TPSA) is 66.8 Å². The summed E-state index contributed by atoms with van der Waals surface area (Å²) < 4.78 is 5.15. The van der Waals surface area contributed by atoms with Gasteiger partial charge < -0.3 is 9.84 Å². The number of hydrogen-bond donors (Lipinski definition) is 1. The molecule has 160 valence electrons. The number of aryl methyl sites for hydroxylation is 1. The fourth-order valence-corrected chi connectivity index (χ4v) is 3.88. The van der Waals surface area contributed by atoms with Crippen molar-refractivity contribution in [1.29, 1.82) is 0 Å². The zero-order valence-electron chi connectivity index (χ0n) is 18.0. The minimum atomic E-state index is -0.809. The van der Waals surface area contributed by atoms with Gasteiger partial charge in [-0.2, -0.15) is 0 Å². The molecule has 0 unspecified atom stereocenters. The normalized spacial score (nSPS) is 19.3. The van der Waals surface area contributed by atoms with Crippen LogP contribution in [0.15, 0.2) is 54.6 Å². The smallest absolute Gasteiger partial charge is 0.416 e. The van der Waals surface area contributed by atoms with Crippen LogP contribution in [0.1, 0.15) is 49.3 Å². The van der Waals surface area contributed by atoms with Crippen molar-refractivity contribution in [3.63, 3.8) is 0 Å². The van der Waals surface area contributed by atoms with Crippen molar-refractivity contribution in [2.45, 2.75) is 58.1 Å². The first-order chi connectivity index (χ1) is 14.4. The van der Waals surface area contributed by atoms with E-state index in [-0.39, 0.29) is 24.5 Å². The van der Waals surface area contributed by atoms with E-state index >= 15 is 0 Å². The average Bonchev–Trinajstić information content (AvgIpc) is 3.11. The van der Waals surface area contributed by atoms with Gasteiger partial charge in [-0.15, -0.1) is 0 Å². The summed E-state index contributed by atoms with van der Waals surface area (Å²) in [6, 6.07) is 17.8. The number of hydrogen-bond acceptors (Lipinski definition) is 4. The van der Waals surface area contributed by atoms with Crippen LogP contribution in [0.5, 0.6) is 0 Å². The molecule has 5 heteroatoms. The summed E-state index contributed by atoms with van der Waals surface area (Å²) in [5.74, 6) is -0.752. The highest BCUT2D eigenvalue weighted by Gasteiger charge is 2.41. The van der Waals surface area contributed by atoms with Gasteiger partial charge in [-0.05, 0) is 43.2 Å². The van der Waals surface area contributed by atoms with E-state index < -0.39 is 18.1 Å². The minimum Gasteiger partial charge on any atom is -0.447 e. The van der Waals surface area contributed by atoms with Crippen LogP contribution < -0.4 is 0 Å². The first kappa shape index (κ1) is 22.0. The highest BCUT2D eigenvalue weighted by Crippen LogP contribution is 2.26. The van der Waals surface area contributed by atoms with Gasteiger partial charge in [0.25, 0.3) is 0 Å². The van der Waals surface area contributed by atoms with Gasteiger partial charge in [0.05, 0.1) is 18.1 Å². The Labute approximate surface area is 178 Å². The van der Waals surface area contributed by atoms with E-state index in [2.05, 4.69) is 38.1 Å². The van der Waals surface area contributed by atoms with Crippen LogP contribution in [0.25, 0.3) is 0 Å². The zero-order valence-corrected chi connectivity index (χ0v) is 18.0. The maximum absolute atomic E-state index is 13.0. The number of imide groups is 1. The molecule has 1 N–H and O–H groups in total. The van der Waals surface area contributed by atoms with Crippen molar-refractivity contribution in [2.75, 3.05) is 6.61 Å². The van der Waals surface area contributed by atoms with Crippen LogP contribution in [0.4, 0.5) is 4.79 Å². The summed E-state index contributed by atoms with van der Waals surface area (Å²) in [6.07, 6.45) is 0.378. The van der Waals surface area contributed by atoms with E-state index in [0.29, 0.717) is 12.8 Å². The van der Waals surface area contributed by atoms with Crippen LogP contribution in [0.2, 0.25) is 0 Å². The quantitative estimate of drug-likeness (QED) is 0.699. The van der Waals surface area contributed by atoms with Gasteiger partial charge in [0.1, 0.15) is 6.61 Å². The molecule has 0 radical (unpaired) electrons. The number of carbonyl (C=O) groups is 2. The van der Waals surface area contributed by atoms with Gasteiger partial charge in [-0.3, -0.25) is 4.79 Å². The molecule has 30 heavy (non-hydrogen) atoms. The molecule has 4 atom stereocenters. The van der Waals surface area contributed by atoms with E-state index in [1.54, 1.807) is 6.92 Å². The van der Waals surface area contributed by atoms with E-state index in [9.17, 15) is 14.7 Å². The second-order valence-electron chi connectivity index (χ2n) is 8.37.